The van der Waals surface area contributed by atoms with E-state index in [1.165, 1.54) is 0 Å². The summed E-state index contributed by atoms with van der Waals surface area (Å²) < 4.78 is 2.00. The molecular formula is C20H23N5O. The molecule has 1 heterocycles. The van der Waals surface area contributed by atoms with E-state index in [0.29, 0.717) is 6.42 Å². The Morgan fingerprint density at radius 1 is 1.08 bits per heavy atom. The van der Waals surface area contributed by atoms with Gasteiger partial charge in [-0.05, 0) is 36.2 Å². The van der Waals surface area contributed by atoms with Crippen LogP contribution < -0.4 is 16.0 Å². The van der Waals surface area contributed by atoms with E-state index in [-0.39, 0.29) is 12.1 Å². The largest absolute Gasteiger partial charge is 0.388 e. The summed E-state index contributed by atoms with van der Waals surface area (Å²) in [5.74, 6) is 0.787. The van der Waals surface area contributed by atoms with Crippen LogP contribution in [0, 0.1) is 0 Å². The Morgan fingerprint density at radius 2 is 1.81 bits per heavy atom. The molecule has 0 fully saturated rings. The number of aromatic nitrogens is 2. The molecule has 26 heavy (non-hydrogen) atoms. The van der Waals surface area contributed by atoms with E-state index in [4.69, 9.17) is 0 Å². The van der Waals surface area contributed by atoms with Crippen LogP contribution in [0.4, 0.5) is 10.5 Å². The van der Waals surface area contributed by atoms with Crippen molar-refractivity contribution in [3.63, 3.8) is 0 Å². The summed E-state index contributed by atoms with van der Waals surface area (Å²) >= 11 is 0. The lowest BCUT2D eigenvalue weighted by Gasteiger charge is -2.20. The molecule has 0 spiro atoms. The minimum atomic E-state index is -0.253. The van der Waals surface area contributed by atoms with Gasteiger partial charge in [-0.25, -0.2) is 9.78 Å². The van der Waals surface area contributed by atoms with Gasteiger partial charge in [0.05, 0.1) is 6.04 Å². The maximum absolute atomic E-state index is 12.0. The van der Waals surface area contributed by atoms with Crippen molar-refractivity contribution in [1.82, 2.24) is 20.2 Å². The number of hydrogen-bond acceptors (Lipinski definition) is 3. The molecule has 0 aliphatic carbocycles. The predicted octanol–water partition coefficient (Wildman–Crippen LogP) is 3.13. The van der Waals surface area contributed by atoms with Gasteiger partial charge in [-0.15, -0.1) is 0 Å². The lowest BCUT2D eigenvalue weighted by molar-refractivity contribution is 0.238. The minimum absolute atomic E-state index is 0.231. The maximum Gasteiger partial charge on any atom is 0.315 e. The molecule has 2 amide bonds. The van der Waals surface area contributed by atoms with Gasteiger partial charge >= 0.3 is 6.03 Å². The monoisotopic (exact) mass is 349 g/mol. The predicted molar refractivity (Wildman–Crippen MR) is 104 cm³/mol. The number of nitrogens with zero attached hydrogens (tertiary/aromatic N) is 2. The van der Waals surface area contributed by atoms with E-state index in [1.54, 1.807) is 13.2 Å². The molecule has 3 aromatic rings. The third-order valence-corrected chi connectivity index (χ3v) is 4.23. The van der Waals surface area contributed by atoms with Gasteiger partial charge in [-0.3, -0.25) is 0 Å². The molecule has 134 valence electrons. The SMILES string of the molecule is CNC(=O)NC(Cc1ccccc1)c1nccn1-c1ccc(NC)cc1. The molecule has 1 unspecified atom stereocenters. The molecule has 0 bridgehead atoms. The Bertz CT molecular complexity index is 842. The van der Waals surface area contributed by atoms with Crippen molar-refractivity contribution in [2.75, 3.05) is 19.4 Å². The molecular weight excluding hydrogens is 326 g/mol. The molecule has 0 saturated heterocycles. The summed E-state index contributed by atoms with van der Waals surface area (Å²) in [6.45, 7) is 0. The van der Waals surface area contributed by atoms with Crippen LogP contribution in [0.1, 0.15) is 17.4 Å². The van der Waals surface area contributed by atoms with Crippen LogP contribution in [0.25, 0.3) is 5.69 Å². The van der Waals surface area contributed by atoms with Crippen molar-refractivity contribution >= 4 is 11.7 Å². The van der Waals surface area contributed by atoms with Gasteiger partial charge in [0.25, 0.3) is 0 Å². The first kappa shape index (κ1) is 17.5. The van der Waals surface area contributed by atoms with Gasteiger partial charge in [-0.1, -0.05) is 30.3 Å². The average Bonchev–Trinajstić information content (AvgIpc) is 3.18. The van der Waals surface area contributed by atoms with Gasteiger partial charge in [-0.2, -0.15) is 0 Å². The highest BCUT2D eigenvalue weighted by molar-refractivity contribution is 5.74. The molecule has 6 heteroatoms. The van der Waals surface area contributed by atoms with Gasteiger partial charge < -0.3 is 20.5 Å². The zero-order valence-corrected chi connectivity index (χ0v) is 14.9. The number of carbonyl (C=O) groups is 1. The molecule has 0 aliphatic heterocycles. The summed E-state index contributed by atoms with van der Waals surface area (Å²) in [6.07, 6.45) is 4.32. The Morgan fingerprint density at radius 3 is 2.46 bits per heavy atom. The standard InChI is InChI=1S/C20H23N5O/c1-21-16-8-10-17(11-9-16)25-13-12-23-19(25)18(24-20(26)22-2)14-15-6-4-3-5-7-15/h3-13,18,21H,14H2,1-2H3,(H2,22,24,26). The van der Waals surface area contributed by atoms with Gasteiger partial charge in [0.15, 0.2) is 0 Å². The van der Waals surface area contributed by atoms with Crippen molar-refractivity contribution in [3.8, 4) is 5.69 Å². The Kier molecular flexibility index (Phi) is 5.53. The summed E-state index contributed by atoms with van der Waals surface area (Å²) in [4.78, 5) is 16.5. The highest BCUT2D eigenvalue weighted by Crippen LogP contribution is 2.22. The molecule has 3 N–H and O–H groups in total. The minimum Gasteiger partial charge on any atom is -0.388 e. The van der Waals surface area contributed by atoms with Gasteiger partial charge in [0.2, 0.25) is 0 Å². The lowest BCUT2D eigenvalue weighted by atomic mass is 10.1. The molecule has 0 aliphatic rings. The Hall–Kier alpha value is -3.28. The maximum atomic E-state index is 12.0. The highest BCUT2D eigenvalue weighted by atomic mass is 16.2. The van der Waals surface area contributed by atoms with Crippen molar-refractivity contribution in [2.45, 2.75) is 12.5 Å². The first-order chi connectivity index (χ1) is 12.7. The second kappa shape index (κ2) is 8.20. The number of benzene rings is 2. The van der Waals surface area contributed by atoms with Gasteiger partial charge in [0, 0.05) is 37.9 Å². The number of amides is 2. The van der Waals surface area contributed by atoms with Crippen LogP contribution in [0.15, 0.2) is 67.0 Å². The zero-order valence-electron chi connectivity index (χ0n) is 14.9. The van der Waals surface area contributed by atoms with Crippen LogP contribution in [0.3, 0.4) is 0 Å². The van der Waals surface area contributed by atoms with Crippen molar-refractivity contribution < 1.29 is 4.79 Å². The van der Waals surface area contributed by atoms with Gasteiger partial charge in [0.1, 0.15) is 5.82 Å². The van der Waals surface area contributed by atoms with E-state index in [1.807, 2.05) is 72.4 Å². The van der Waals surface area contributed by atoms with E-state index in [2.05, 4.69) is 20.9 Å². The fourth-order valence-corrected chi connectivity index (χ4v) is 2.87. The molecule has 1 aromatic heterocycles. The van der Waals surface area contributed by atoms with Crippen LogP contribution in [-0.2, 0) is 6.42 Å². The molecule has 2 aromatic carbocycles. The van der Waals surface area contributed by atoms with E-state index in [0.717, 1.165) is 22.8 Å². The highest BCUT2D eigenvalue weighted by Gasteiger charge is 2.20. The number of rotatable bonds is 6. The first-order valence-corrected chi connectivity index (χ1v) is 8.55. The Labute approximate surface area is 153 Å². The normalized spacial score (nSPS) is 11.6. The second-order valence-corrected chi connectivity index (χ2v) is 5.92. The van der Waals surface area contributed by atoms with Crippen LogP contribution in [0.5, 0.6) is 0 Å². The number of hydrogen-bond donors (Lipinski definition) is 3. The molecule has 0 saturated carbocycles. The number of anilines is 1. The van der Waals surface area contributed by atoms with Crippen LogP contribution in [-0.4, -0.2) is 29.7 Å². The van der Waals surface area contributed by atoms with Crippen molar-refractivity contribution in [1.29, 1.82) is 0 Å². The quantitative estimate of drug-likeness (QED) is 0.640. The van der Waals surface area contributed by atoms with Crippen molar-refractivity contribution in [3.05, 3.63) is 78.4 Å². The van der Waals surface area contributed by atoms with Crippen LogP contribution in [0.2, 0.25) is 0 Å². The van der Waals surface area contributed by atoms with E-state index in [9.17, 15) is 4.79 Å². The smallest absolute Gasteiger partial charge is 0.315 e. The number of nitrogens with one attached hydrogen (secondary N) is 3. The summed E-state index contributed by atoms with van der Waals surface area (Å²) in [5.41, 5.74) is 3.17. The Balaban J connectivity index is 1.93. The van der Waals surface area contributed by atoms with E-state index < -0.39 is 0 Å². The molecule has 0 radical (unpaired) electrons. The molecule has 3 rings (SSSR count). The zero-order chi connectivity index (χ0) is 18.4. The lowest BCUT2D eigenvalue weighted by Crippen LogP contribution is -2.37. The number of imidazole rings is 1. The molecule has 6 nitrogen and oxygen atoms in total. The van der Waals surface area contributed by atoms with Crippen molar-refractivity contribution in [2.24, 2.45) is 0 Å². The summed E-state index contributed by atoms with van der Waals surface area (Å²) in [6, 6.07) is 17.7. The summed E-state index contributed by atoms with van der Waals surface area (Å²) in [5, 5.41) is 8.74. The fourth-order valence-electron chi connectivity index (χ4n) is 2.87. The first-order valence-electron chi connectivity index (χ1n) is 8.55. The third kappa shape index (κ3) is 4.03. The summed E-state index contributed by atoms with van der Waals surface area (Å²) in [7, 11) is 3.50. The van der Waals surface area contributed by atoms with Crippen LogP contribution >= 0.6 is 0 Å². The molecule has 1 atom stereocenters. The number of carbonyl (C=O) groups excluding carboxylic acids is 1. The third-order valence-electron chi connectivity index (χ3n) is 4.23. The second-order valence-electron chi connectivity index (χ2n) is 5.92. The number of urea groups is 1. The topological polar surface area (TPSA) is 71.0 Å². The van der Waals surface area contributed by atoms with E-state index >= 15 is 0 Å². The average molecular weight is 349 g/mol. The fraction of sp³-hybridized carbons (Fsp3) is 0.200.